The van der Waals surface area contributed by atoms with E-state index in [-0.39, 0.29) is 18.0 Å². The molecule has 1 heterocycles. The number of aryl methyl sites for hydroxylation is 1. The Balaban J connectivity index is 1.74. The number of para-hydroxylation sites is 2. The van der Waals surface area contributed by atoms with E-state index in [4.69, 9.17) is 0 Å². The fourth-order valence-electron chi connectivity index (χ4n) is 2.93. The van der Waals surface area contributed by atoms with Gasteiger partial charge in [-0.15, -0.1) is 0 Å². The number of nitrogens with zero attached hydrogens (tertiary/aromatic N) is 2. The van der Waals surface area contributed by atoms with Gasteiger partial charge in [0.2, 0.25) is 5.95 Å². The molecule has 0 bridgehead atoms. The Labute approximate surface area is 164 Å². The minimum Gasteiger partial charge on any atom is -0.336 e. The number of hydrogen-bond acceptors (Lipinski definition) is 3. The molecule has 3 N–H and O–H groups in total. The third-order valence-electron chi connectivity index (χ3n) is 4.15. The van der Waals surface area contributed by atoms with Crippen LogP contribution in [0.1, 0.15) is 37.6 Å². The number of urea groups is 1. The summed E-state index contributed by atoms with van der Waals surface area (Å²) in [6.45, 7) is 6.63. The van der Waals surface area contributed by atoms with Crippen molar-refractivity contribution in [2.75, 3.05) is 10.6 Å². The molecule has 146 valence electrons. The number of rotatable bonds is 6. The molecule has 7 nitrogen and oxygen atoms in total. The Hall–Kier alpha value is -3.35. The third kappa shape index (κ3) is 4.49. The second-order valence-corrected chi connectivity index (χ2v) is 6.86. The van der Waals surface area contributed by atoms with Gasteiger partial charge in [-0.1, -0.05) is 19.1 Å². The zero-order chi connectivity index (χ0) is 20.1. The van der Waals surface area contributed by atoms with E-state index in [1.165, 1.54) is 0 Å². The summed E-state index contributed by atoms with van der Waals surface area (Å²) in [5.41, 5.74) is 2.95. The van der Waals surface area contributed by atoms with Gasteiger partial charge in [0.15, 0.2) is 0 Å². The standard InChI is InChI=1S/C21H25N5O2/c1-4-13-26-18-8-6-5-7-17(18)24-20(26)25-19(27)15-9-11-16(12-10-15)23-21(28)22-14(2)3/h5-12,14H,4,13H2,1-3H3,(H2,22,23,28)(H,24,25,27). The Morgan fingerprint density at radius 2 is 1.75 bits per heavy atom. The number of fused-ring (bicyclic) bond motifs is 1. The lowest BCUT2D eigenvalue weighted by Crippen LogP contribution is -2.34. The Morgan fingerprint density at radius 1 is 1.04 bits per heavy atom. The maximum Gasteiger partial charge on any atom is 0.319 e. The maximum atomic E-state index is 12.7. The highest BCUT2D eigenvalue weighted by Gasteiger charge is 2.14. The molecule has 2 aromatic carbocycles. The molecule has 1 aromatic heterocycles. The van der Waals surface area contributed by atoms with Crippen LogP contribution in [0.5, 0.6) is 0 Å². The molecule has 0 aliphatic rings. The molecule has 0 saturated heterocycles. The molecule has 0 atom stereocenters. The highest BCUT2D eigenvalue weighted by molar-refractivity contribution is 6.04. The maximum absolute atomic E-state index is 12.7. The summed E-state index contributed by atoms with van der Waals surface area (Å²) in [6.07, 6.45) is 0.933. The summed E-state index contributed by atoms with van der Waals surface area (Å²) in [7, 11) is 0. The molecule has 3 amide bonds. The molecular formula is C21H25N5O2. The van der Waals surface area contributed by atoms with Crippen LogP contribution in [0.2, 0.25) is 0 Å². The van der Waals surface area contributed by atoms with Crippen molar-refractivity contribution in [1.82, 2.24) is 14.9 Å². The highest BCUT2D eigenvalue weighted by atomic mass is 16.2. The molecule has 0 unspecified atom stereocenters. The molecule has 3 aromatic rings. The van der Waals surface area contributed by atoms with Crippen LogP contribution in [0.4, 0.5) is 16.4 Å². The number of amides is 3. The summed E-state index contributed by atoms with van der Waals surface area (Å²) in [5.74, 6) is 0.289. The van der Waals surface area contributed by atoms with Crippen LogP contribution in [0, 0.1) is 0 Å². The number of anilines is 2. The molecule has 0 saturated carbocycles. The third-order valence-corrected chi connectivity index (χ3v) is 4.15. The predicted molar refractivity (Wildman–Crippen MR) is 112 cm³/mol. The van der Waals surface area contributed by atoms with Crippen LogP contribution in [-0.2, 0) is 6.54 Å². The van der Waals surface area contributed by atoms with Crippen LogP contribution < -0.4 is 16.0 Å². The summed E-state index contributed by atoms with van der Waals surface area (Å²) >= 11 is 0. The van der Waals surface area contributed by atoms with Crippen molar-refractivity contribution in [2.24, 2.45) is 0 Å². The van der Waals surface area contributed by atoms with Crippen LogP contribution in [0.25, 0.3) is 11.0 Å². The van der Waals surface area contributed by atoms with E-state index in [1.54, 1.807) is 24.3 Å². The van der Waals surface area contributed by atoms with Crippen LogP contribution in [-0.4, -0.2) is 27.5 Å². The average molecular weight is 379 g/mol. The zero-order valence-corrected chi connectivity index (χ0v) is 16.3. The molecule has 0 aliphatic heterocycles. The number of benzene rings is 2. The van der Waals surface area contributed by atoms with Gasteiger partial charge < -0.3 is 15.2 Å². The van der Waals surface area contributed by atoms with Crippen molar-refractivity contribution in [3.8, 4) is 0 Å². The summed E-state index contributed by atoms with van der Waals surface area (Å²) < 4.78 is 2.01. The molecule has 7 heteroatoms. The van der Waals surface area contributed by atoms with Crippen molar-refractivity contribution in [3.05, 3.63) is 54.1 Å². The normalized spacial score (nSPS) is 10.9. The average Bonchev–Trinajstić information content (AvgIpc) is 2.99. The smallest absolute Gasteiger partial charge is 0.319 e. The van der Waals surface area contributed by atoms with Gasteiger partial charge in [-0.05, 0) is 56.7 Å². The van der Waals surface area contributed by atoms with Gasteiger partial charge >= 0.3 is 6.03 Å². The lowest BCUT2D eigenvalue weighted by atomic mass is 10.2. The first kappa shape index (κ1) is 19.4. The lowest BCUT2D eigenvalue weighted by molar-refractivity contribution is 0.102. The van der Waals surface area contributed by atoms with Gasteiger partial charge in [0.1, 0.15) is 0 Å². The monoisotopic (exact) mass is 379 g/mol. The van der Waals surface area contributed by atoms with Crippen LogP contribution >= 0.6 is 0 Å². The summed E-state index contributed by atoms with van der Waals surface area (Å²) in [4.78, 5) is 29.0. The molecule has 0 spiro atoms. The first-order chi connectivity index (χ1) is 13.5. The molecule has 0 fully saturated rings. The molecule has 0 radical (unpaired) electrons. The number of aromatic nitrogens is 2. The number of imidazole rings is 1. The van der Waals surface area contributed by atoms with E-state index in [9.17, 15) is 9.59 Å². The van der Waals surface area contributed by atoms with E-state index >= 15 is 0 Å². The van der Waals surface area contributed by atoms with Crippen molar-refractivity contribution in [3.63, 3.8) is 0 Å². The second-order valence-electron chi connectivity index (χ2n) is 6.86. The van der Waals surface area contributed by atoms with Gasteiger partial charge in [0, 0.05) is 23.8 Å². The fourth-order valence-corrected chi connectivity index (χ4v) is 2.93. The second kappa shape index (κ2) is 8.56. The fraction of sp³-hybridized carbons (Fsp3) is 0.286. The minimum atomic E-state index is -0.277. The lowest BCUT2D eigenvalue weighted by Gasteiger charge is -2.11. The minimum absolute atomic E-state index is 0.0485. The van der Waals surface area contributed by atoms with Crippen LogP contribution in [0.3, 0.4) is 0 Å². The number of hydrogen-bond donors (Lipinski definition) is 3. The Bertz CT molecular complexity index is 976. The highest BCUT2D eigenvalue weighted by Crippen LogP contribution is 2.21. The largest absolute Gasteiger partial charge is 0.336 e. The van der Waals surface area contributed by atoms with Gasteiger partial charge in [-0.3, -0.25) is 10.1 Å². The number of nitrogens with one attached hydrogen (secondary N) is 3. The van der Waals surface area contributed by atoms with E-state index in [1.807, 2.05) is 42.7 Å². The SMILES string of the molecule is CCCn1c(NC(=O)c2ccc(NC(=O)NC(C)C)cc2)nc2ccccc21. The Kier molecular flexibility index (Phi) is 5.93. The Morgan fingerprint density at radius 3 is 2.43 bits per heavy atom. The molecular weight excluding hydrogens is 354 g/mol. The first-order valence-corrected chi connectivity index (χ1v) is 9.42. The predicted octanol–water partition coefficient (Wildman–Crippen LogP) is 4.23. The number of carbonyl (C=O) groups is 2. The van der Waals surface area contributed by atoms with E-state index in [2.05, 4.69) is 27.9 Å². The summed E-state index contributed by atoms with van der Waals surface area (Å²) in [5, 5.41) is 8.39. The van der Waals surface area contributed by atoms with Gasteiger partial charge in [0.05, 0.1) is 11.0 Å². The topological polar surface area (TPSA) is 88.0 Å². The van der Waals surface area contributed by atoms with Gasteiger partial charge in [-0.2, -0.15) is 0 Å². The van der Waals surface area contributed by atoms with Gasteiger partial charge in [-0.25, -0.2) is 9.78 Å². The van der Waals surface area contributed by atoms with Crippen LogP contribution in [0.15, 0.2) is 48.5 Å². The quantitative estimate of drug-likeness (QED) is 0.599. The van der Waals surface area contributed by atoms with Crippen molar-refractivity contribution < 1.29 is 9.59 Å². The first-order valence-electron chi connectivity index (χ1n) is 9.42. The van der Waals surface area contributed by atoms with Crippen molar-refractivity contribution in [1.29, 1.82) is 0 Å². The zero-order valence-electron chi connectivity index (χ0n) is 16.3. The van der Waals surface area contributed by atoms with Crippen molar-refractivity contribution >= 4 is 34.6 Å². The van der Waals surface area contributed by atoms with E-state index in [0.29, 0.717) is 17.2 Å². The van der Waals surface area contributed by atoms with Gasteiger partial charge in [0.25, 0.3) is 5.91 Å². The molecule has 28 heavy (non-hydrogen) atoms. The number of carbonyl (C=O) groups excluding carboxylic acids is 2. The molecule has 3 rings (SSSR count). The van der Waals surface area contributed by atoms with E-state index in [0.717, 1.165) is 24.0 Å². The molecule has 0 aliphatic carbocycles. The van der Waals surface area contributed by atoms with Crippen molar-refractivity contribution in [2.45, 2.75) is 39.8 Å². The summed E-state index contributed by atoms with van der Waals surface area (Å²) in [6, 6.07) is 14.3. The van der Waals surface area contributed by atoms with E-state index < -0.39 is 0 Å².